The second-order valence-electron chi connectivity index (χ2n) is 4.70. The van der Waals surface area contributed by atoms with Crippen LogP contribution in [0.2, 0.25) is 0 Å². The second-order valence-corrected chi connectivity index (χ2v) is 4.70. The fourth-order valence-corrected chi connectivity index (χ4v) is 1.30. The first-order chi connectivity index (χ1) is 7.74. The van der Waals surface area contributed by atoms with Crippen LogP contribution in [0.1, 0.15) is 26.0 Å². The van der Waals surface area contributed by atoms with Gasteiger partial charge in [-0.25, -0.2) is 0 Å². The molecule has 0 aliphatic heterocycles. The number of carbonyl (C=O) groups is 2. The van der Waals surface area contributed by atoms with Crippen molar-refractivity contribution in [1.29, 1.82) is 0 Å². The van der Waals surface area contributed by atoms with Gasteiger partial charge in [0.05, 0.1) is 5.41 Å². The smallest absolute Gasteiger partial charge is 0.309 e. The number of carboxylic acids is 1. The number of aliphatic carboxylic acids is 1. The molecule has 1 aromatic rings. The molecule has 1 aromatic heterocycles. The summed E-state index contributed by atoms with van der Waals surface area (Å²) in [7, 11) is 1.57. The van der Waals surface area contributed by atoms with Gasteiger partial charge in [0.25, 0.3) is 0 Å². The lowest BCUT2D eigenvalue weighted by molar-refractivity contribution is -0.149. The molecule has 1 rings (SSSR count). The molecule has 0 aliphatic carbocycles. The van der Waals surface area contributed by atoms with Crippen molar-refractivity contribution in [2.45, 2.75) is 27.2 Å². The van der Waals surface area contributed by atoms with Crippen molar-refractivity contribution in [3.8, 4) is 0 Å². The molecule has 5 heteroatoms. The summed E-state index contributed by atoms with van der Waals surface area (Å²) in [6, 6.07) is 3.43. The van der Waals surface area contributed by atoms with E-state index in [4.69, 9.17) is 9.52 Å². The Morgan fingerprint density at radius 3 is 2.41 bits per heavy atom. The first kappa shape index (κ1) is 13.3. The number of amides is 1. The number of anilines is 1. The molecule has 94 valence electrons. The summed E-state index contributed by atoms with van der Waals surface area (Å²) >= 11 is 0. The van der Waals surface area contributed by atoms with Gasteiger partial charge in [0.2, 0.25) is 11.8 Å². The summed E-state index contributed by atoms with van der Waals surface area (Å²) in [5.74, 6) is -0.146. The van der Waals surface area contributed by atoms with E-state index >= 15 is 0 Å². The summed E-state index contributed by atoms with van der Waals surface area (Å²) in [6.45, 7) is 4.83. The number of aryl methyl sites for hydroxylation is 1. The van der Waals surface area contributed by atoms with Crippen molar-refractivity contribution < 1.29 is 19.1 Å². The van der Waals surface area contributed by atoms with Gasteiger partial charge in [0, 0.05) is 19.5 Å². The quantitative estimate of drug-likeness (QED) is 0.872. The van der Waals surface area contributed by atoms with Gasteiger partial charge in [-0.3, -0.25) is 14.5 Å². The average molecular weight is 239 g/mol. The molecular weight excluding hydrogens is 222 g/mol. The third-order valence-electron chi connectivity index (χ3n) is 2.60. The molecule has 0 fully saturated rings. The van der Waals surface area contributed by atoms with E-state index in [0.717, 1.165) is 0 Å². The third kappa shape index (κ3) is 3.09. The van der Waals surface area contributed by atoms with Crippen LogP contribution >= 0.6 is 0 Å². The molecule has 0 bridgehead atoms. The maximum Gasteiger partial charge on any atom is 0.309 e. The Bertz CT molecular complexity index is 433. The zero-order valence-electron chi connectivity index (χ0n) is 10.5. The van der Waals surface area contributed by atoms with Gasteiger partial charge in [-0.2, -0.15) is 0 Å². The van der Waals surface area contributed by atoms with E-state index in [2.05, 4.69) is 0 Å². The van der Waals surface area contributed by atoms with Gasteiger partial charge in [-0.1, -0.05) is 0 Å². The van der Waals surface area contributed by atoms with Crippen LogP contribution in [-0.2, 0) is 9.59 Å². The predicted octanol–water partition coefficient (Wildman–Crippen LogP) is 2.05. The van der Waals surface area contributed by atoms with Crippen LogP contribution in [0.25, 0.3) is 0 Å². The van der Waals surface area contributed by atoms with E-state index in [1.165, 1.54) is 18.7 Å². The number of hydrogen-bond donors (Lipinski definition) is 1. The Balaban J connectivity index is 2.75. The summed E-state index contributed by atoms with van der Waals surface area (Å²) in [5.41, 5.74) is -1.08. The molecule has 1 heterocycles. The van der Waals surface area contributed by atoms with E-state index in [0.29, 0.717) is 11.6 Å². The fourth-order valence-electron chi connectivity index (χ4n) is 1.30. The van der Waals surface area contributed by atoms with Crippen LogP contribution in [0.4, 0.5) is 5.88 Å². The largest absolute Gasteiger partial charge is 0.481 e. The topological polar surface area (TPSA) is 70.8 Å². The summed E-state index contributed by atoms with van der Waals surface area (Å²) in [4.78, 5) is 24.1. The predicted molar refractivity (Wildman–Crippen MR) is 62.9 cm³/mol. The van der Waals surface area contributed by atoms with Crippen molar-refractivity contribution in [3.05, 3.63) is 17.9 Å². The molecule has 0 unspecified atom stereocenters. The Hall–Kier alpha value is -1.78. The van der Waals surface area contributed by atoms with E-state index in [1.807, 2.05) is 0 Å². The zero-order valence-corrected chi connectivity index (χ0v) is 10.5. The number of rotatable bonds is 4. The van der Waals surface area contributed by atoms with Crippen LogP contribution in [0.5, 0.6) is 0 Å². The molecule has 0 aromatic carbocycles. The number of hydrogen-bond acceptors (Lipinski definition) is 3. The highest BCUT2D eigenvalue weighted by Gasteiger charge is 2.32. The highest BCUT2D eigenvalue weighted by molar-refractivity contribution is 5.94. The Morgan fingerprint density at radius 2 is 2.00 bits per heavy atom. The van der Waals surface area contributed by atoms with Crippen LogP contribution in [0.3, 0.4) is 0 Å². The molecule has 5 nitrogen and oxygen atoms in total. The molecule has 1 amide bonds. The standard InChI is InChI=1S/C12H17NO4/c1-8-5-6-10(17-8)13(4)9(14)7-12(2,3)11(15)16/h5-6H,7H2,1-4H3,(H,15,16). The summed E-state index contributed by atoms with van der Waals surface area (Å²) < 4.78 is 5.30. The zero-order chi connectivity index (χ0) is 13.2. The van der Waals surface area contributed by atoms with Crippen molar-refractivity contribution in [2.24, 2.45) is 5.41 Å². The highest BCUT2D eigenvalue weighted by Crippen LogP contribution is 2.24. The molecular formula is C12H17NO4. The maximum absolute atomic E-state index is 11.9. The van der Waals surface area contributed by atoms with Gasteiger partial charge in [-0.15, -0.1) is 0 Å². The number of carboxylic acid groups (broad SMARTS) is 1. The lowest BCUT2D eigenvalue weighted by atomic mass is 9.89. The molecule has 1 N–H and O–H groups in total. The minimum Gasteiger partial charge on any atom is -0.481 e. The first-order valence-electron chi connectivity index (χ1n) is 5.30. The van der Waals surface area contributed by atoms with Crippen LogP contribution in [0.15, 0.2) is 16.5 Å². The second kappa shape index (κ2) is 4.61. The molecule has 0 aliphatic rings. The highest BCUT2D eigenvalue weighted by atomic mass is 16.4. The van der Waals surface area contributed by atoms with Gasteiger partial charge >= 0.3 is 5.97 Å². The Labute approximate surface area is 100 Å². The minimum absolute atomic E-state index is 0.0709. The minimum atomic E-state index is -1.08. The molecule has 0 atom stereocenters. The van der Waals surface area contributed by atoms with Gasteiger partial charge in [0.15, 0.2) is 0 Å². The maximum atomic E-state index is 11.9. The van der Waals surface area contributed by atoms with Crippen molar-refractivity contribution in [1.82, 2.24) is 0 Å². The lowest BCUT2D eigenvalue weighted by Gasteiger charge is -2.21. The normalized spacial score (nSPS) is 11.3. The SMILES string of the molecule is Cc1ccc(N(C)C(=O)CC(C)(C)C(=O)O)o1. The Morgan fingerprint density at radius 1 is 1.41 bits per heavy atom. The number of nitrogens with zero attached hydrogens (tertiary/aromatic N) is 1. The molecule has 0 spiro atoms. The van der Waals surface area contributed by atoms with E-state index in [1.54, 1.807) is 26.1 Å². The lowest BCUT2D eigenvalue weighted by Crippen LogP contribution is -2.34. The number of furan rings is 1. The summed E-state index contributed by atoms with van der Waals surface area (Å²) in [5, 5.41) is 8.95. The van der Waals surface area contributed by atoms with Crippen LogP contribution in [-0.4, -0.2) is 24.0 Å². The monoisotopic (exact) mass is 239 g/mol. The van der Waals surface area contributed by atoms with E-state index < -0.39 is 11.4 Å². The molecule has 17 heavy (non-hydrogen) atoms. The van der Waals surface area contributed by atoms with Crippen LogP contribution in [0, 0.1) is 12.3 Å². The number of carbonyl (C=O) groups excluding carboxylic acids is 1. The molecule has 0 saturated heterocycles. The summed E-state index contributed by atoms with van der Waals surface area (Å²) in [6.07, 6.45) is -0.0709. The van der Waals surface area contributed by atoms with Crippen molar-refractivity contribution in [2.75, 3.05) is 11.9 Å². The van der Waals surface area contributed by atoms with Gasteiger partial charge < -0.3 is 9.52 Å². The van der Waals surface area contributed by atoms with Gasteiger partial charge in [0.1, 0.15) is 5.76 Å². The van der Waals surface area contributed by atoms with Crippen molar-refractivity contribution >= 4 is 17.8 Å². The Kier molecular flexibility index (Phi) is 3.60. The van der Waals surface area contributed by atoms with Gasteiger partial charge in [-0.05, 0) is 26.8 Å². The average Bonchev–Trinajstić information content (AvgIpc) is 2.62. The fraction of sp³-hybridized carbons (Fsp3) is 0.500. The third-order valence-corrected chi connectivity index (χ3v) is 2.60. The van der Waals surface area contributed by atoms with Crippen LogP contribution < -0.4 is 4.90 Å². The van der Waals surface area contributed by atoms with E-state index in [-0.39, 0.29) is 12.3 Å². The van der Waals surface area contributed by atoms with Crippen molar-refractivity contribution in [3.63, 3.8) is 0 Å². The molecule has 0 saturated carbocycles. The van der Waals surface area contributed by atoms with E-state index in [9.17, 15) is 9.59 Å². The molecule has 0 radical (unpaired) electrons. The first-order valence-corrected chi connectivity index (χ1v) is 5.30.